The van der Waals surface area contributed by atoms with Crippen LogP contribution in [0.5, 0.6) is 92.0 Å². The number of benzene rings is 10. The summed E-state index contributed by atoms with van der Waals surface area (Å²) >= 11 is 11.7. The quantitative estimate of drug-likeness (QED) is 0.0215. The predicted octanol–water partition coefficient (Wildman–Crippen LogP) is 18.2. The summed E-state index contributed by atoms with van der Waals surface area (Å²) in [6.07, 6.45) is 22.7. The fourth-order valence-corrected chi connectivity index (χ4v) is 13.9. The minimum atomic E-state index is -0.449. The number of phenolic OH excluding ortho intramolecular Hbond substituents is 16. The van der Waals surface area contributed by atoms with E-state index in [1.54, 1.807) is 66.8 Å². The molecule has 0 aliphatic heterocycles. The van der Waals surface area contributed by atoms with Crippen molar-refractivity contribution in [1.82, 2.24) is 0 Å². The smallest absolute Gasteiger partial charge is 0.189 e. The standard InChI is InChI=1S/C19H22O3.C17H16O3.C15H10Cl2O3.C15H14O5.C15H12O5.C10H10O3.4Ac/c20-16-3-1-12(8-17(16)21)2-4-18(22)19-9-13-5-14(10-19)7-15(6-13)11-19;1-11-3-6-14(12(2)9-11)15(18)7-4-13-5-8-16(19)17(20)10-13;16-10-3-4-11(12(17)8-10)13(18)5-1-9-2-6-14(19)15(20)7-9;2*16-10-3-4-11(14(19)8-10)12(17)5-1-9-2-6-13(18)15(20)7-9;1-7(11)2-3-8-4-5-9(12)10(13)6-8;;;;/h1-4,8,13-15,20-21H,5-7,9-11H2;3-10,19-20H,1-2H3;1-8,19-20H;2-4,6-8,16,18-20H,1,5H2;1-8,16,18-20H;2-6,12-13H,1H3;;;;/b4-2+;7-4+;5-1+;;5-1+;3-2+;;;;. The molecular weight excluding hydrogens is 2420 g/mol. The molecule has 10 aromatic rings. The monoisotopic (exact) mass is 2510 g/mol. The Morgan fingerprint density at radius 2 is 0.681 bits per heavy atom. The maximum Gasteiger partial charge on any atom is 0.189 e. The molecule has 4 aliphatic rings. The number of rotatable bonds is 18. The number of carbonyl (C=O) groups is 6. The molecule has 4 aliphatic carbocycles. The topological polar surface area (TPSA) is 426 Å². The Morgan fingerprint density at radius 3 is 1.04 bits per heavy atom. The predicted molar refractivity (Wildman–Crippen MR) is 438 cm³/mol. The molecule has 0 amide bonds. The Hall–Kier alpha value is -7.93. The van der Waals surface area contributed by atoms with E-state index in [9.17, 15) is 84.9 Å². The van der Waals surface area contributed by atoms with Gasteiger partial charge in [0.25, 0.3) is 0 Å². The molecule has 0 atom stereocenters. The van der Waals surface area contributed by atoms with Crippen LogP contribution in [0.2, 0.25) is 10.0 Å². The molecule has 10 aromatic carbocycles. The van der Waals surface area contributed by atoms with Crippen molar-refractivity contribution in [1.29, 1.82) is 0 Å². The second-order valence-electron chi connectivity index (χ2n) is 27.8. The Kier molecular flexibility index (Phi) is 42.8. The van der Waals surface area contributed by atoms with Crippen molar-refractivity contribution in [3.8, 4) is 92.0 Å². The van der Waals surface area contributed by atoms with Gasteiger partial charge in [0.05, 0.1) is 16.1 Å². The third-order valence-corrected chi connectivity index (χ3v) is 19.4. The zero-order valence-electron chi connectivity index (χ0n) is 64.7. The molecule has 4 bridgehead atoms. The van der Waals surface area contributed by atoms with Crippen molar-refractivity contribution in [2.75, 3.05) is 0 Å². The van der Waals surface area contributed by atoms with E-state index in [4.69, 9.17) is 48.7 Å². The van der Waals surface area contributed by atoms with E-state index < -0.39 is 5.78 Å². The van der Waals surface area contributed by atoms with Crippen molar-refractivity contribution in [3.05, 3.63) is 289 Å². The molecule has 119 heavy (non-hydrogen) atoms. The fourth-order valence-electron chi connectivity index (χ4n) is 13.4. The molecule has 22 nitrogen and oxygen atoms in total. The Bertz CT molecular complexity index is 5120. The van der Waals surface area contributed by atoms with E-state index in [1.807, 2.05) is 32.0 Å². The minimum absolute atomic E-state index is 0. The number of carbonyl (C=O) groups excluding carboxylic acids is 6. The molecule has 4 saturated carbocycles. The number of aryl methyl sites for hydroxylation is 3. The van der Waals surface area contributed by atoms with Gasteiger partial charge in [0.15, 0.2) is 104 Å². The first-order chi connectivity index (χ1) is 54.5. The molecule has 28 heteroatoms. The first-order valence-corrected chi connectivity index (χ1v) is 36.6. The van der Waals surface area contributed by atoms with Crippen molar-refractivity contribution in [3.63, 3.8) is 0 Å². The van der Waals surface area contributed by atoms with Crippen LogP contribution in [-0.2, 0) is 16.0 Å². The van der Waals surface area contributed by atoms with Crippen LogP contribution in [0.15, 0.2) is 212 Å². The molecule has 0 saturated heterocycles. The maximum atomic E-state index is 12.8. The molecule has 16 N–H and O–H groups in total. The molecule has 4 fully saturated rings. The Labute approximate surface area is 839 Å². The number of hydrogen-bond donors (Lipinski definition) is 16. The number of Topliss-reactive ketones (excluding diaryl/α,β-unsaturated/α-hetero) is 1. The largest absolute Gasteiger partial charge is 0.508 e. The molecule has 14 rings (SSSR count). The number of ketones is 6. The maximum absolute atomic E-state index is 12.8. The van der Waals surface area contributed by atoms with Crippen LogP contribution in [0.3, 0.4) is 0 Å². The average molecular weight is 2510 g/mol. The number of allylic oxidation sites excluding steroid dienone is 5. The van der Waals surface area contributed by atoms with Gasteiger partial charge in [-0.25, -0.2) is 0 Å². The first-order valence-electron chi connectivity index (χ1n) is 35.8. The van der Waals surface area contributed by atoms with Crippen molar-refractivity contribution in [2.24, 2.45) is 23.2 Å². The summed E-state index contributed by atoms with van der Waals surface area (Å²) in [5.41, 5.74) is 7.03. The summed E-state index contributed by atoms with van der Waals surface area (Å²) in [6.45, 7) is 5.33. The third kappa shape index (κ3) is 31.8. The van der Waals surface area contributed by atoms with Gasteiger partial charge in [-0.3, -0.25) is 28.8 Å². The van der Waals surface area contributed by atoms with Gasteiger partial charge < -0.3 is 81.7 Å². The zero-order valence-corrected chi connectivity index (χ0v) is 85.1. The molecule has 0 spiro atoms. The molecule has 4 radical (unpaired) electrons. The number of halogens is 2. The van der Waals surface area contributed by atoms with Crippen molar-refractivity contribution in [2.45, 2.75) is 72.1 Å². The molecule has 606 valence electrons. The summed E-state index contributed by atoms with van der Waals surface area (Å²) in [6, 6.07) is 44.0. The fraction of sp³-hybridized carbons (Fsp3) is 0.165. The van der Waals surface area contributed by atoms with Crippen LogP contribution in [0.25, 0.3) is 30.4 Å². The zero-order chi connectivity index (χ0) is 84.0. The van der Waals surface area contributed by atoms with Crippen LogP contribution in [-0.4, -0.2) is 116 Å². The van der Waals surface area contributed by atoms with E-state index in [0.717, 1.165) is 65.8 Å². The molecular formula is C91H84Ac4Cl2O22. The minimum Gasteiger partial charge on any atom is -0.508 e. The second-order valence-corrected chi connectivity index (χ2v) is 28.6. The van der Waals surface area contributed by atoms with Gasteiger partial charge in [-0.15, -0.1) is 0 Å². The van der Waals surface area contributed by atoms with E-state index in [0.29, 0.717) is 50.4 Å². The van der Waals surface area contributed by atoms with Gasteiger partial charge in [-0.1, -0.05) is 114 Å². The number of aromatic hydroxyl groups is 16. The van der Waals surface area contributed by atoms with Gasteiger partial charge in [0.2, 0.25) is 0 Å². The van der Waals surface area contributed by atoms with Crippen LogP contribution < -0.4 is 0 Å². The van der Waals surface area contributed by atoms with E-state index >= 15 is 0 Å². The van der Waals surface area contributed by atoms with Crippen LogP contribution in [0.4, 0.5) is 0 Å². The van der Waals surface area contributed by atoms with Crippen LogP contribution >= 0.6 is 23.2 Å². The van der Waals surface area contributed by atoms with Gasteiger partial charge in [0, 0.05) is 216 Å². The summed E-state index contributed by atoms with van der Waals surface area (Å²) in [5.74, 6) is -1.86. The van der Waals surface area contributed by atoms with Crippen molar-refractivity contribution < 1.29 is 287 Å². The normalized spacial score (nSPS) is 15.1. The van der Waals surface area contributed by atoms with E-state index in [-0.39, 0.29) is 325 Å². The third-order valence-electron chi connectivity index (χ3n) is 18.8. The van der Waals surface area contributed by atoms with E-state index in [2.05, 4.69) is 0 Å². The Morgan fingerprint density at radius 1 is 0.345 bits per heavy atom. The van der Waals surface area contributed by atoms with Crippen LogP contribution in [0, 0.1) is 213 Å². The second kappa shape index (κ2) is 49.2. The summed E-state index contributed by atoms with van der Waals surface area (Å²) in [5, 5.41) is 149. The molecule has 0 heterocycles. The number of phenols is 16. The van der Waals surface area contributed by atoms with Crippen molar-refractivity contribution >= 4 is 88.3 Å². The summed E-state index contributed by atoms with van der Waals surface area (Å²) in [4.78, 5) is 71.3. The number of hydrogen-bond acceptors (Lipinski definition) is 22. The van der Waals surface area contributed by atoms with Gasteiger partial charge in [-0.05, 0) is 268 Å². The molecule has 0 unspecified atom stereocenters. The van der Waals surface area contributed by atoms with Gasteiger partial charge >= 0.3 is 0 Å². The van der Waals surface area contributed by atoms with E-state index in [1.165, 1.54) is 172 Å². The summed E-state index contributed by atoms with van der Waals surface area (Å²) in [7, 11) is 0. The van der Waals surface area contributed by atoms with Gasteiger partial charge in [0.1, 0.15) is 23.0 Å². The average Bonchev–Trinajstić information content (AvgIpc) is 0.740. The van der Waals surface area contributed by atoms with Crippen LogP contribution in [0.1, 0.15) is 138 Å². The summed E-state index contributed by atoms with van der Waals surface area (Å²) < 4.78 is 0. The Balaban J connectivity index is 0.000000300. The molecule has 0 aromatic heterocycles. The SMILES string of the molecule is CC(=O)/C=C/c1ccc(O)c(O)c1.Cc1ccc(C(=O)/C=C/c2ccc(O)c(O)c2)c(C)c1.O=C(/C=C/c1ccc(O)c(O)c1)C12CC3CC(CC(C3)C1)C2.O=C(/C=C/c1ccc(O)c(O)c1)c1ccc(Cl)cc1Cl.O=C(/C=C/c1ccc(O)c(O)c1)c1ccc(O)cc1O.O=C(CCc1ccc(O)c(O)c1)c1ccc(O)cc1O.[Ac].[Ac].[Ac].[Ac]. The van der Waals surface area contributed by atoms with Gasteiger partial charge in [-0.2, -0.15) is 0 Å². The first kappa shape index (κ1) is 103.